The van der Waals surface area contributed by atoms with Crippen LogP contribution in [-0.2, 0) is 4.74 Å². The average molecular weight is 156 g/mol. The molecule has 1 atom stereocenters. The van der Waals surface area contributed by atoms with E-state index in [1.165, 1.54) is 19.3 Å². The van der Waals surface area contributed by atoms with Crippen molar-refractivity contribution in [2.75, 3.05) is 6.61 Å². The van der Waals surface area contributed by atoms with E-state index in [1.807, 2.05) is 0 Å². The minimum Gasteiger partial charge on any atom is -0.375 e. The first-order valence-corrected chi connectivity index (χ1v) is 4.45. The maximum atomic E-state index is 5.74. The first-order chi connectivity index (χ1) is 5.35. The minimum atomic E-state index is 0.231. The van der Waals surface area contributed by atoms with Crippen molar-refractivity contribution in [2.45, 2.75) is 43.7 Å². The van der Waals surface area contributed by atoms with Crippen LogP contribution in [0.5, 0.6) is 0 Å². The molecule has 0 aromatic heterocycles. The molecule has 0 radical (unpaired) electrons. The predicted octanol–water partition coefficient (Wildman–Crippen LogP) is 0.551. The van der Waals surface area contributed by atoms with E-state index in [0.29, 0.717) is 6.04 Å². The normalized spacial score (nSPS) is 35.2. The molecular weight excluding hydrogens is 140 g/mol. The molecule has 1 aliphatic heterocycles. The minimum absolute atomic E-state index is 0.231. The zero-order valence-electron chi connectivity index (χ0n) is 6.81. The van der Waals surface area contributed by atoms with E-state index in [1.54, 1.807) is 0 Å². The van der Waals surface area contributed by atoms with Crippen LogP contribution in [0.4, 0.5) is 0 Å². The summed E-state index contributed by atoms with van der Waals surface area (Å²) in [5.74, 6) is 5.40. The number of hydrogen-bond donors (Lipinski definition) is 2. The molecule has 3 nitrogen and oxygen atoms in total. The summed E-state index contributed by atoms with van der Waals surface area (Å²) in [7, 11) is 0. The van der Waals surface area contributed by atoms with E-state index in [0.717, 1.165) is 19.4 Å². The largest absolute Gasteiger partial charge is 0.375 e. The van der Waals surface area contributed by atoms with Crippen LogP contribution in [0.2, 0.25) is 0 Å². The van der Waals surface area contributed by atoms with Crippen LogP contribution in [-0.4, -0.2) is 18.2 Å². The Hall–Kier alpha value is -0.120. The molecule has 1 unspecified atom stereocenters. The lowest BCUT2D eigenvalue weighted by Gasteiger charge is -2.47. The van der Waals surface area contributed by atoms with Crippen molar-refractivity contribution in [3.8, 4) is 0 Å². The van der Waals surface area contributed by atoms with Gasteiger partial charge in [-0.15, -0.1) is 0 Å². The molecule has 2 aliphatic rings. The maximum Gasteiger partial charge on any atom is 0.0698 e. The van der Waals surface area contributed by atoms with Crippen molar-refractivity contribution in [1.82, 2.24) is 5.43 Å². The van der Waals surface area contributed by atoms with Crippen LogP contribution in [0.15, 0.2) is 0 Å². The first-order valence-electron chi connectivity index (χ1n) is 4.45. The standard InChI is InChI=1S/C8H16N2O/c9-10-7-2-5-11-8(6-7)3-1-4-8/h7,10H,1-6,9H2. The Kier molecular flexibility index (Phi) is 1.87. The van der Waals surface area contributed by atoms with Gasteiger partial charge in [-0.25, -0.2) is 0 Å². The fourth-order valence-electron chi connectivity index (χ4n) is 2.09. The van der Waals surface area contributed by atoms with Crippen molar-refractivity contribution in [2.24, 2.45) is 5.84 Å². The average Bonchev–Trinajstić information content (AvgIpc) is 2.02. The van der Waals surface area contributed by atoms with Gasteiger partial charge in [0.2, 0.25) is 0 Å². The van der Waals surface area contributed by atoms with Crippen LogP contribution in [0.1, 0.15) is 32.1 Å². The van der Waals surface area contributed by atoms with E-state index in [-0.39, 0.29) is 5.60 Å². The Bertz CT molecular complexity index is 145. The highest BCUT2D eigenvalue weighted by Gasteiger charge is 2.42. The number of hydrogen-bond acceptors (Lipinski definition) is 3. The molecule has 1 spiro atoms. The van der Waals surface area contributed by atoms with Gasteiger partial charge in [0.25, 0.3) is 0 Å². The summed E-state index contributed by atoms with van der Waals surface area (Å²) >= 11 is 0. The molecule has 3 heteroatoms. The van der Waals surface area contributed by atoms with Crippen LogP contribution in [0.3, 0.4) is 0 Å². The SMILES string of the molecule is NNC1CCOC2(CCC2)C1. The summed E-state index contributed by atoms with van der Waals surface area (Å²) < 4.78 is 5.74. The first kappa shape index (κ1) is 7.53. The van der Waals surface area contributed by atoms with Crippen molar-refractivity contribution in [1.29, 1.82) is 0 Å². The topological polar surface area (TPSA) is 47.3 Å². The quantitative estimate of drug-likeness (QED) is 0.430. The van der Waals surface area contributed by atoms with E-state index in [9.17, 15) is 0 Å². The summed E-state index contributed by atoms with van der Waals surface area (Å²) in [6.07, 6.45) is 6.00. The number of nitrogens with one attached hydrogen (secondary N) is 1. The third kappa shape index (κ3) is 1.28. The van der Waals surface area contributed by atoms with Gasteiger partial charge < -0.3 is 4.74 Å². The number of ether oxygens (including phenoxy) is 1. The van der Waals surface area contributed by atoms with Crippen molar-refractivity contribution in [3.05, 3.63) is 0 Å². The second kappa shape index (κ2) is 2.73. The van der Waals surface area contributed by atoms with Crippen molar-refractivity contribution < 1.29 is 4.74 Å². The molecule has 1 saturated carbocycles. The molecule has 11 heavy (non-hydrogen) atoms. The summed E-state index contributed by atoms with van der Waals surface area (Å²) in [6.45, 7) is 0.884. The molecule has 2 fully saturated rings. The van der Waals surface area contributed by atoms with Gasteiger partial charge in [0.05, 0.1) is 5.60 Å². The fourth-order valence-corrected chi connectivity index (χ4v) is 2.09. The molecule has 0 aromatic carbocycles. The highest BCUT2D eigenvalue weighted by molar-refractivity contribution is 4.95. The highest BCUT2D eigenvalue weighted by Crippen LogP contribution is 2.41. The second-order valence-electron chi connectivity index (χ2n) is 3.74. The van der Waals surface area contributed by atoms with Gasteiger partial charge in [-0.1, -0.05) is 0 Å². The zero-order chi connectivity index (χ0) is 7.73. The van der Waals surface area contributed by atoms with Gasteiger partial charge in [0.1, 0.15) is 0 Å². The van der Waals surface area contributed by atoms with Gasteiger partial charge in [0, 0.05) is 12.6 Å². The molecule has 1 heterocycles. The molecule has 3 N–H and O–H groups in total. The molecule has 0 bridgehead atoms. The molecular formula is C8H16N2O. The molecule has 1 saturated heterocycles. The van der Waals surface area contributed by atoms with E-state index in [4.69, 9.17) is 10.6 Å². The molecule has 1 aliphatic carbocycles. The summed E-state index contributed by atoms with van der Waals surface area (Å²) in [4.78, 5) is 0. The summed E-state index contributed by atoms with van der Waals surface area (Å²) in [5.41, 5.74) is 3.08. The van der Waals surface area contributed by atoms with Gasteiger partial charge in [-0.05, 0) is 32.1 Å². The van der Waals surface area contributed by atoms with Crippen molar-refractivity contribution in [3.63, 3.8) is 0 Å². The third-order valence-electron chi connectivity index (χ3n) is 2.99. The van der Waals surface area contributed by atoms with Crippen LogP contribution in [0, 0.1) is 0 Å². The van der Waals surface area contributed by atoms with Gasteiger partial charge >= 0.3 is 0 Å². The van der Waals surface area contributed by atoms with Gasteiger partial charge in [-0.2, -0.15) is 0 Å². The van der Waals surface area contributed by atoms with E-state index in [2.05, 4.69) is 5.43 Å². The molecule has 0 amide bonds. The zero-order valence-corrected chi connectivity index (χ0v) is 6.81. The predicted molar refractivity (Wildman–Crippen MR) is 42.9 cm³/mol. The lowest BCUT2D eigenvalue weighted by Crippen LogP contribution is -2.52. The van der Waals surface area contributed by atoms with Crippen LogP contribution >= 0.6 is 0 Å². The Labute approximate surface area is 67.3 Å². The molecule has 64 valence electrons. The lowest BCUT2D eigenvalue weighted by atomic mass is 9.74. The van der Waals surface area contributed by atoms with Crippen LogP contribution in [0.25, 0.3) is 0 Å². The van der Waals surface area contributed by atoms with Gasteiger partial charge in [-0.3, -0.25) is 11.3 Å². The lowest BCUT2D eigenvalue weighted by molar-refractivity contribution is -0.135. The Morgan fingerprint density at radius 1 is 1.45 bits per heavy atom. The van der Waals surface area contributed by atoms with Crippen molar-refractivity contribution >= 4 is 0 Å². The number of nitrogens with two attached hydrogens (primary N) is 1. The Morgan fingerprint density at radius 2 is 2.27 bits per heavy atom. The fraction of sp³-hybridized carbons (Fsp3) is 1.00. The maximum absolute atomic E-state index is 5.74. The molecule has 0 aromatic rings. The van der Waals surface area contributed by atoms with E-state index >= 15 is 0 Å². The molecule has 2 rings (SSSR count). The van der Waals surface area contributed by atoms with E-state index < -0.39 is 0 Å². The Balaban J connectivity index is 1.92. The second-order valence-corrected chi connectivity index (χ2v) is 3.74. The Morgan fingerprint density at radius 3 is 2.82 bits per heavy atom. The van der Waals surface area contributed by atoms with Crippen LogP contribution < -0.4 is 11.3 Å². The van der Waals surface area contributed by atoms with Gasteiger partial charge in [0.15, 0.2) is 0 Å². The summed E-state index contributed by atoms with van der Waals surface area (Å²) in [5, 5.41) is 0. The highest BCUT2D eigenvalue weighted by atomic mass is 16.5. The summed E-state index contributed by atoms with van der Waals surface area (Å²) in [6, 6.07) is 0.490. The third-order valence-corrected chi connectivity index (χ3v) is 2.99. The smallest absolute Gasteiger partial charge is 0.0698 e. The monoisotopic (exact) mass is 156 g/mol. The number of hydrazine groups is 1. The number of rotatable bonds is 1.